The molecule has 0 bridgehead atoms. The average molecular weight is 163 g/mol. The van der Waals surface area contributed by atoms with Gasteiger partial charge in [0.25, 0.3) is 0 Å². The maximum absolute atomic E-state index is 4.31. The second kappa shape index (κ2) is 3.95. The lowest BCUT2D eigenvalue weighted by Gasteiger charge is -1.99. The topological polar surface area (TPSA) is 38.1 Å². The smallest absolute Gasteiger partial charge is 0.128 e. The summed E-state index contributed by atoms with van der Waals surface area (Å²) in [5.74, 6) is 0.890. The molecule has 0 fully saturated rings. The fourth-order valence-electron chi connectivity index (χ4n) is 0.961. The fourth-order valence-corrected chi connectivity index (χ4v) is 0.961. The number of aliphatic imine (C=N–C) groups is 1. The monoisotopic (exact) mass is 163 g/mol. The zero-order valence-electron chi connectivity index (χ0n) is 7.70. The van der Waals surface area contributed by atoms with Gasteiger partial charge in [0.1, 0.15) is 5.82 Å². The third-order valence-corrected chi connectivity index (χ3v) is 1.65. The molecule has 0 aliphatic rings. The molecular formula is C9H13N3. The molecular weight excluding hydrogens is 150 g/mol. The van der Waals surface area contributed by atoms with Crippen LogP contribution < -0.4 is 0 Å². The summed E-state index contributed by atoms with van der Waals surface area (Å²) in [5.41, 5.74) is 1.99. The number of aryl methyl sites for hydroxylation is 2. The highest BCUT2D eigenvalue weighted by atomic mass is 14.9. The van der Waals surface area contributed by atoms with Gasteiger partial charge in [0.05, 0.1) is 0 Å². The largest absolute Gasteiger partial charge is 0.296 e. The molecule has 1 aromatic heterocycles. The Hall–Kier alpha value is -1.25. The van der Waals surface area contributed by atoms with E-state index in [0.717, 1.165) is 23.5 Å². The molecule has 3 nitrogen and oxygen atoms in total. The molecule has 0 radical (unpaired) electrons. The fraction of sp³-hybridized carbons (Fsp3) is 0.444. The predicted molar refractivity (Wildman–Crippen MR) is 49.7 cm³/mol. The molecule has 3 heteroatoms. The zero-order chi connectivity index (χ0) is 8.97. The van der Waals surface area contributed by atoms with Crippen LogP contribution in [-0.2, 0) is 6.42 Å². The molecule has 12 heavy (non-hydrogen) atoms. The van der Waals surface area contributed by atoms with E-state index < -0.39 is 0 Å². The molecule has 0 N–H and O–H groups in total. The van der Waals surface area contributed by atoms with Crippen LogP contribution in [0.3, 0.4) is 0 Å². The number of rotatable bonds is 2. The van der Waals surface area contributed by atoms with Crippen molar-refractivity contribution >= 4 is 6.21 Å². The molecule has 1 rings (SSSR count). The standard InChI is InChI=1S/C9H13N3/c1-4-9-11-6-8(5-10-3)7(2)12-9/h5-6H,4H2,1-3H3/b10-5-. The normalized spacial score (nSPS) is 10.9. The molecule has 0 unspecified atom stereocenters. The third-order valence-electron chi connectivity index (χ3n) is 1.65. The molecule has 1 aromatic rings. The molecule has 0 aliphatic heterocycles. The van der Waals surface area contributed by atoms with Crippen LogP contribution in [-0.4, -0.2) is 23.2 Å². The molecule has 1 heterocycles. The Labute approximate surface area is 72.6 Å². The van der Waals surface area contributed by atoms with Crippen molar-refractivity contribution in [3.63, 3.8) is 0 Å². The summed E-state index contributed by atoms with van der Waals surface area (Å²) in [6, 6.07) is 0. The minimum atomic E-state index is 0.879. The molecule has 0 aromatic carbocycles. The number of aromatic nitrogens is 2. The summed E-state index contributed by atoms with van der Waals surface area (Å²) in [4.78, 5) is 12.4. The van der Waals surface area contributed by atoms with Gasteiger partial charge in [-0.05, 0) is 6.92 Å². The van der Waals surface area contributed by atoms with Crippen LogP contribution in [0.5, 0.6) is 0 Å². The summed E-state index contributed by atoms with van der Waals surface area (Å²) < 4.78 is 0. The van der Waals surface area contributed by atoms with Crippen LogP contribution in [0.2, 0.25) is 0 Å². The highest BCUT2D eigenvalue weighted by Gasteiger charge is 1.98. The molecule has 0 spiro atoms. The Balaban J connectivity index is 3.03. The van der Waals surface area contributed by atoms with Gasteiger partial charge in [0, 0.05) is 37.1 Å². The Bertz CT molecular complexity index is 292. The van der Waals surface area contributed by atoms with E-state index in [1.165, 1.54) is 0 Å². The molecule has 0 atom stereocenters. The first kappa shape index (κ1) is 8.84. The minimum absolute atomic E-state index is 0.879. The summed E-state index contributed by atoms with van der Waals surface area (Å²) in [6.07, 6.45) is 4.47. The first-order chi connectivity index (χ1) is 5.77. The van der Waals surface area contributed by atoms with E-state index in [1.54, 1.807) is 13.3 Å². The van der Waals surface area contributed by atoms with E-state index in [4.69, 9.17) is 0 Å². The Morgan fingerprint density at radius 1 is 1.58 bits per heavy atom. The predicted octanol–water partition coefficient (Wildman–Crippen LogP) is 1.40. The van der Waals surface area contributed by atoms with Gasteiger partial charge in [-0.3, -0.25) is 4.99 Å². The first-order valence-corrected chi connectivity index (χ1v) is 4.02. The maximum Gasteiger partial charge on any atom is 0.128 e. The van der Waals surface area contributed by atoms with E-state index in [-0.39, 0.29) is 0 Å². The zero-order valence-corrected chi connectivity index (χ0v) is 7.70. The lowest BCUT2D eigenvalue weighted by molar-refractivity contribution is 0.915. The van der Waals surface area contributed by atoms with Crippen LogP contribution in [0.1, 0.15) is 24.0 Å². The Morgan fingerprint density at radius 2 is 2.33 bits per heavy atom. The highest BCUT2D eigenvalue weighted by Crippen LogP contribution is 2.01. The van der Waals surface area contributed by atoms with E-state index in [0.29, 0.717) is 0 Å². The van der Waals surface area contributed by atoms with Crippen molar-refractivity contribution in [3.05, 3.63) is 23.3 Å². The second-order valence-electron chi connectivity index (χ2n) is 2.57. The summed E-state index contributed by atoms with van der Waals surface area (Å²) in [5, 5.41) is 0. The van der Waals surface area contributed by atoms with E-state index in [2.05, 4.69) is 15.0 Å². The van der Waals surface area contributed by atoms with Crippen molar-refractivity contribution in [2.75, 3.05) is 7.05 Å². The quantitative estimate of drug-likeness (QED) is 0.618. The molecule has 0 aliphatic carbocycles. The van der Waals surface area contributed by atoms with Gasteiger partial charge >= 0.3 is 0 Å². The van der Waals surface area contributed by atoms with Crippen LogP contribution in [0.25, 0.3) is 0 Å². The van der Waals surface area contributed by atoms with Crippen molar-refractivity contribution in [2.45, 2.75) is 20.3 Å². The first-order valence-electron chi connectivity index (χ1n) is 4.02. The lowest BCUT2D eigenvalue weighted by Crippen LogP contribution is -1.99. The SMILES string of the molecule is CCc1ncc(/C=N\C)c(C)n1. The summed E-state index contributed by atoms with van der Waals surface area (Å²) in [7, 11) is 1.74. The minimum Gasteiger partial charge on any atom is -0.296 e. The average Bonchev–Trinajstić information content (AvgIpc) is 2.09. The van der Waals surface area contributed by atoms with Gasteiger partial charge < -0.3 is 0 Å². The van der Waals surface area contributed by atoms with Crippen molar-refractivity contribution in [1.82, 2.24) is 9.97 Å². The molecule has 64 valence electrons. The van der Waals surface area contributed by atoms with Crippen LogP contribution >= 0.6 is 0 Å². The van der Waals surface area contributed by atoms with Gasteiger partial charge in [0.2, 0.25) is 0 Å². The third kappa shape index (κ3) is 1.87. The Kier molecular flexibility index (Phi) is 2.91. The summed E-state index contributed by atoms with van der Waals surface area (Å²) >= 11 is 0. The van der Waals surface area contributed by atoms with Gasteiger partial charge in [-0.25, -0.2) is 9.97 Å². The van der Waals surface area contributed by atoms with Gasteiger partial charge in [-0.15, -0.1) is 0 Å². The molecule has 0 saturated heterocycles. The maximum atomic E-state index is 4.31. The van der Waals surface area contributed by atoms with Crippen molar-refractivity contribution < 1.29 is 0 Å². The highest BCUT2D eigenvalue weighted by molar-refractivity contribution is 5.80. The van der Waals surface area contributed by atoms with Crippen LogP contribution in [0.4, 0.5) is 0 Å². The van der Waals surface area contributed by atoms with Gasteiger partial charge in [-0.2, -0.15) is 0 Å². The van der Waals surface area contributed by atoms with Crippen LogP contribution in [0, 0.1) is 6.92 Å². The molecule has 0 saturated carbocycles. The summed E-state index contributed by atoms with van der Waals surface area (Å²) in [6.45, 7) is 4.01. The molecule has 0 amide bonds. The van der Waals surface area contributed by atoms with Crippen LogP contribution in [0.15, 0.2) is 11.2 Å². The van der Waals surface area contributed by atoms with E-state index in [9.17, 15) is 0 Å². The van der Waals surface area contributed by atoms with Crippen molar-refractivity contribution in [3.8, 4) is 0 Å². The number of nitrogens with zero attached hydrogens (tertiary/aromatic N) is 3. The van der Waals surface area contributed by atoms with Gasteiger partial charge in [-0.1, -0.05) is 6.92 Å². The van der Waals surface area contributed by atoms with Gasteiger partial charge in [0.15, 0.2) is 0 Å². The number of hydrogen-bond donors (Lipinski definition) is 0. The van der Waals surface area contributed by atoms with Crippen molar-refractivity contribution in [2.24, 2.45) is 4.99 Å². The van der Waals surface area contributed by atoms with Crippen molar-refractivity contribution in [1.29, 1.82) is 0 Å². The lowest BCUT2D eigenvalue weighted by atomic mass is 10.2. The Morgan fingerprint density at radius 3 is 2.83 bits per heavy atom. The van der Waals surface area contributed by atoms with E-state index in [1.807, 2.05) is 20.0 Å². The van der Waals surface area contributed by atoms with E-state index >= 15 is 0 Å². The second-order valence-corrected chi connectivity index (χ2v) is 2.57. The number of hydrogen-bond acceptors (Lipinski definition) is 3.